The lowest BCUT2D eigenvalue weighted by Crippen LogP contribution is -2.28. The number of aromatic nitrogens is 1. The molecule has 0 saturated heterocycles. The van der Waals surface area contributed by atoms with Crippen LogP contribution in [-0.4, -0.2) is 36.5 Å². The number of halogens is 1. The first kappa shape index (κ1) is 21.6. The Morgan fingerprint density at radius 3 is 2.53 bits per heavy atom. The van der Waals surface area contributed by atoms with E-state index in [0.29, 0.717) is 49.5 Å². The smallest absolute Gasteiger partial charge is 0.251 e. The van der Waals surface area contributed by atoms with Crippen LogP contribution >= 0.6 is 11.6 Å². The zero-order valence-electron chi connectivity index (χ0n) is 16.6. The minimum atomic E-state index is -0.174. The van der Waals surface area contributed by atoms with E-state index < -0.39 is 0 Å². The van der Waals surface area contributed by atoms with E-state index in [9.17, 15) is 9.59 Å². The fourth-order valence-electron chi connectivity index (χ4n) is 2.92. The molecule has 3 rings (SSSR count). The summed E-state index contributed by atoms with van der Waals surface area (Å²) in [4.78, 5) is 28.2. The topological polar surface area (TPSA) is 80.3 Å². The van der Waals surface area contributed by atoms with Crippen molar-refractivity contribution >= 4 is 34.3 Å². The van der Waals surface area contributed by atoms with Gasteiger partial charge >= 0.3 is 0 Å². The molecule has 0 unspecified atom stereocenters. The molecule has 3 aromatic rings. The molecule has 2 aromatic carbocycles. The summed E-state index contributed by atoms with van der Waals surface area (Å²) < 4.78 is 5.81. The average molecular weight is 426 g/mol. The van der Waals surface area contributed by atoms with Crippen molar-refractivity contribution in [2.24, 2.45) is 0 Å². The van der Waals surface area contributed by atoms with Gasteiger partial charge in [0, 0.05) is 41.7 Å². The van der Waals surface area contributed by atoms with Crippen LogP contribution < -0.4 is 15.4 Å². The minimum absolute atomic E-state index is 0.0393. The van der Waals surface area contributed by atoms with Crippen molar-refractivity contribution in [2.45, 2.75) is 19.3 Å². The van der Waals surface area contributed by atoms with Crippen molar-refractivity contribution in [1.82, 2.24) is 15.6 Å². The Balaban J connectivity index is 1.27. The van der Waals surface area contributed by atoms with Gasteiger partial charge in [0.15, 0.2) is 0 Å². The fraction of sp³-hybridized carbons (Fsp3) is 0.261. The maximum Gasteiger partial charge on any atom is 0.251 e. The predicted molar refractivity (Wildman–Crippen MR) is 118 cm³/mol. The first-order valence-corrected chi connectivity index (χ1v) is 10.3. The number of hydrogen-bond donors (Lipinski definition) is 2. The van der Waals surface area contributed by atoms with Crippen molar-refractivity contribution in [3.05, 3.63) is 71.4 Å². The number of nitrogens with one attached hydrogen (secondary N) is 2. The number of ether oxygens (including phenoxy) is 1. The lowest BCUT2D eigenvalue weighted by atomic mass is 10.2. The number of hydrogen-bond acceptors (Lipinski definition) is 4. The van der Waals surface area contributed by atoms with Crippen LogP contribution in [0.2, 0.25) is 5.02 Å². The first-order chi connectivity index (χ1) is 14.6. The quantitative estimate of drug-likeness (QED) is 0.481. The van der Waals surface area contributed by atoms with E-state index in [1.807, 2.05) is 30.3 Å². The molecule has 0 saturated carbocycles. The van der Waals surface area contributed by atoms with Crippen molar-refractivity contribution in [3.63, 3.8) is 0 Å². The zero-order valence-corrected chi connectivity index (χ0v) is 17.3. The van der Waals surface area contributed by atoms with Crippen LogP contribution in [0.25, 0.3) is 10.9 Å². The molecular formula is C23H24ClN3O3. The number of nitrogens with zero attached hydrogens (tertiary/aromatic N) is 1. The minimum Gasteiger partial charge on any atom is -0.491 e. The van der Waals surface area contributed by atoms with Gasteiger partial charge in [0.2, 0.25) is 5.91 Å². The molecule has 0 bridgehead atoms. The highest BCUT2D eigenvalue weighted by Gasteiger charge is 2.06. The van der Waals surface area contributed by atoms with Crippen LogP contribution in [0.3, 0.4) is 0 Å². The maximum atomic E-state index is 12.0. The normalized spacial score (nSPS) is 10.6. The Morgan fingerprint density at radius 1 is 0.933 bits per heavy atom. The molecule has 0 radical (unpaired) electrons. The van der Waals surface area contributed by atoms with E-state index in [1.54, 1.807) is 30.5 Å². The van der Waals surface area contributed by atoms with Gasteiger partial charge in [-0.1, -0.05) is 29.8 Å². The zero-order chi connectivity index (χ0) is 21.2. The molecule has 1 heterocycles. The summed E-state index contributed by atoms with van der Waals surface area (Å²) in [6.07, 6.45) is 3.37. The van der Waals surface area contributed by atoms with Gasteiger partial charge in [0.1, 0.15) is 11.3 Å². The molecule has 0 fully saturated rings. The number of pyridine rings is 1. The van der Waals surface area contributed by atoms with Crippen LogP contribution in [0.4, 0.5) is 0 Å². The van der Waals surface area contributed by atoms with Gasteiger partial charge in [-0.2, -0.15) is 0 Å². The second-order valence-electron chi connectivity index (χ2n) is 6.75. The van der Waals surface area contributed by atoms with Crippen molar-refractivity contribution in [1.29, 1.82) is 0 Å². The van der Waals surface area contributed by atoms with Crippen molar-refractivity contribution in [2.75, 3.05) is 19.7 Å². The Kier molecular flexibility index (Phi) is 8.03. The van der Waals surface area contributed by atoms with Gasteiger partial charge in [0.05, 0.1) is 6.61 Å². The van der Waals surface area contributed by atoms with Gasteiger partial charge in [0.25, 0.3) is 5.91 Å². The summed E-state index contributed by atoms with van der Waals surface area (Å²) in [5.41, 5.74) is 1.38. The summed E-state index contributed by atoms with van der Waals surface area (Å²) >= 11 is 5.81. The monoisotopic (exact) mass is 425 g/mol. The van der Waals surface area contributed by atoms with Gasteiger partial charge in [-0.15, -0.1) is 0 Å². The van der Waals surface area contributed by atoms with E-state index >= 15 is 0 Å². The predicted octanol–water partition coefficient (Wildman–Crippen LogP) is 3.98. The van der Waals surface area contributed by atoms with Crippen LogP contribution in [-0.2, 0) is 4.79 Å². The largest absolute Gasteiger partial charge is 0.491 e. The molecule has 0 spiro atoms. The number of benzene rings is 2. The lowest BCUT2D eigenvalue weighted by Gasteiger charge is -2.09. The van der Waals surface area contributed by atoms with Gasteiger partial charge < -0.3 is 15.4 Å². The molecule has 0 atom stereocenters. The Labute approximate surface area is 180 Å². The molecule has 1 aromatic heterocycles. The molecule has 156 valence electrons. The van der Waals surface area contributed by atoms with Crippen molar-refractivity contribution in [3.8, 4) is 5.75 Å². The lowest BCUT2D eigenvalue weighted by molar-refractivity contribution is -0.121. The second-order valence-corrected chi connectivity index (χ2v) is 7.19. The molecule has 0 aliphatic rings. The number of carbonyl (C=O) groups excluding carboxylic acids is 2. The maximum absolute atomic E-state index is 12.0. The highest BCUT2D eigenvalue weighted by atomic mass is 35.5. The third kappa shape index (κ3) is 6.46. The standard InChI is InChI=1S/C23H24ClN3O3/c24-19-11-9-18(10-12-19)23(29)27-14-3-8-21(28)25-15-4-16-30-20-7-1-5-17-6-2-13-26-22(17)20/h1-2,5-7,9-13H,3-4,8,14-16H2,(H,25,28)(H,27,29). The van der Waals surface area contributed by atoms with E-state index in [1.165, 1.54) is 0 Å². The fourth-order valence-corrected chi connectivity index (χ4v) is 3.04. The third-order valence-electron chi connectivity index (χ3n) is 4.47. The van der Waals surface area contributed by atoms with Gasteiger partial charge in [-0.3, -0.25) is 14.6 Å². The Hall–Kier alpha value is -3.12. The summed E-state index contributed by atoms with van der Waals surface area (Å²) in [5.74, 6) is 0.533. The molecule has 0 aliphatic heterocycles. The van der Waals surface area contributed by atoms with E-state index in [4.69, 9.17) is 16.3 Å². The van der Waals surface area contributed by atoms with E-state index in [-0.39, 0.29) is 11.8 Å². The molecule has 7 heteroatoms. The summed E-state index contributed by atoms with van der Waals surface area (Å²) in [5, 5.41) is 7.28. The summed E-state index contributed by atoms with van der Waals surface area (Å²) in [7, 11) is 0. The Morgan fingerprint density at radius 2 is 1.70 bits per heavy atom. The third-order valence-corrected chi connectivity index (χ3v) is 4.72. The first-order valence-electron chi connectivity index (χ1n) is 9.90. The number of fused-ring (bicyclic) bond motifs is 1. The number of carbonyl (C=O) groups is 2. The molecule has 2 N–H and O–H groups in total. The molecule has 2 amide bonds. The van der Waals surface area contributed by atoms with E-state index in [2.05, 4.69) is 15.6 Å². The van der Waals surface area contributed by atoms with Crippen LogP contribution in [0.1, 0.15) is 29.6 Å². The highest BCUT2D eigenvalue weighted by Crippen LogP contribution is 2.22. The van der Waals surface area contributed by atoms with Gasteiger partial charge in [-0.05, 0) is 49.2 Å². The van der Waals surface area contributed by atoms with Gasteiger partial charge in [-0.25, -0.2) is 0 Å². The summed E-state index contributed by atoms with van der Waals surface area (Å²) in [6.45, 7) is 1.47. The SMILES string of the molecule is O=C(CCCNC(=O)c1ccc(Cl)cc1)NCCCOc1cccc2cccnc12. The van der Waals surface area contributed by atoms with Crippen LogP contribution in [0.15, 0.2) is 60.8 Å². The second kappa shape index (κ2) is 11.2. The molecule has 0 aliphatic carbocycles. The highest BCUT2D eigenvalue weighted by molar-refractivity contribution is 6.30. The summed E-state index contributed by atoms with van der Waals surface area (Å²) in [6, 6.07) is 16.4. The van der Waals surface area contributed by atoms with Crippen LogP contribution in [0.5, 0.6) is 5.75 Å². The molecular weight excluding hydrogens is 402 g/mol. The number of rotatable bonds is 10. The average Bonchev–Trinajstić information content (AvgIpc) is 2.77. The molecule has 6 nitrogen and oxygen atoms in total. The van der Waals surface area contributed by atoms with E-state index in [0.717, 1.165) is 16.7 Å². The number of amides is 2. The Bertz CT molecular complexity index is 987. The number of para-hydroxylation sites is 1. The van der Waals surface area contributed by atoms with Crippen molar-refractivity contribution < 1.29 is 14.3 Å². The molecule has 30 heavy (non-hydrogen) atoms. The van der Waals surface area contributed by atoms with Crippen LogP contribution in [0, 0.1) is 0 Å².